The zero-order valence-corrected chi connectivity index (χ0v) is 12.5. The molecular formula is C15H24F4. The molecule has 0 heterocycles. The topological polar surface area (TPSA) is 0 Å². The zero-order chi connectivity index (χ0) is 15.6. The van der Waals surface area contributed by atoms with Crippen molar-refractivity contribution in [1.29, 1.82) is 0 Å². The van der Waals surface area contributed by atoms with Crippen molar-refractivity contribution in [2.24, 2.45) is 0 Å². The molecule has 0 radical (unpaired) electrons. The van der Waals surface area contributed by atoms with E-state index in [1.807, 2.05) is 41.5 Å². The van der Waals surface area contributed by atoms with E-state index in [4.69, 9.17) is 0 Å². The third-order valence-electron chi connectivity index (χ3n) is 2.17. The van der Waals surface area contributed by atoms with Crippen molar-refractivity contribution >= 4 is 0 Å². The Labute approximate surface area is 113 Å². The van der Waals surface area contributed by atoms with Crippen LogP contribution in [0.25, 0.3) is 0 Å². The second-order valence-corrected chi connectivity index (χ2v) is 3.19. The van der Waals surface area contributed by atoms with Gasteiger partial charge in [-0.05, 0) is 17.7 Å². The van der Waals surface area contributed by atoms with Gasteiger partial charge in [-0.3, -0.25) is 0 Å². The van der Waals surface area contributed by atoms with E-state index in [0.717, 1.165) is 12.1 Å². The first kappa shape index (κ1) is 20.3. The standard InChI is InChI=1S/C9H6F4.3C2H6/c10-7-2-1-5(3-8(7)11)6-4-9(6,12)13;3*1-2/h1-3,6H,4H2;3*1-2H3. The molecule has 1 atom stereocenters. The van der Waals surface area contributed by atoms with Crippen molar-refractivity contribution in [1.82, 2.24) is 0 Å². The third kappa shape index (κ3) is 6.08. The summed E-state index contributed by atoms with van der Waals surface area (Å²) in [5.74, 6) is -5.74. The van der Waals surface area contributed by atoms with Gasteiger partial charge in [0.2, 0.25) is 0 Å². The monoisotopic (exact) mass is 280 g/mol. The van der Waals surface area contributed by atoms with Crippen LogP contribution >= 0.6 is 0 Å². The lowest BCUT2D eigenvalue weighted by atomic mass is 10.1. The van der Waals surface area contributed by atoms with E-state index in [0.29, 0.717) is 0 Å². The van der Waals surface area contributed by atoms with Gasteiger partial charge in [0, 0.05) is 6.42 Å². The van der Waals surface area contributed by atoms with Gasteiger partial charge < -0.3 is 0 Å². The first-order chi connectivity index (χ1) is 9.00. The van der Waals surface area contributed by atoms with Gasteiger partial charge in [0.25, 0.3) is 5.92 Å². The number of rotatable bonds is 1. The SMILES string of the molecule is CC.CC.CC.Fc1ccc(C2CC2(F)F)cc1F. The normalized spacial score (nSPS) is 17.7. The van der Waals surface area contributed by atoms with Crippen molar-refractivity contribution in [3.8, 4) is 0 Å². The van der Waals surface area contributed by atoms with Crippen LogP contribution in [-0.2, 0) is 0 Å². The highest BCUT2D eigenvalue weighted by Crippen LogP contribution is 2.55. The quantitative estimate of drug-likeness (QED) is 0.540. The van der Waals surface area contributed by atoms with E-state index in [1.165, 1.54) is 6.07 Å². The lowest BCUT2D eigenvalue weighted by Crippen LogP contribution is -1.94. The van der Waals surface area contributed by atoms with Crippen LogP contribution in [0.4, 0.5) is 17.6 Å². The first-order valence-corrected chi connectivity index (χ1v) is 6.83. The summed E-state index contributed by atoms with van der Waals surface area (Å²) in [7, 11) is 0. The molecule has 1 aromatic rings. The Hall–Kier alpha value is -1.06. The molecule has 112 valence electrons. The van der Waals surface area contributed by atoms with Gasteiger partial charge in [-0.25, -0.2) is 17.6 Å². The summed E-state index contributed by atoms with van der Waals surface area (Å²) in [6, 6.07) is 2.91. The second kappa shape index (κ2) is 9.82. The highest BCUT2D eigenvalue weighted by molar-refractivity contribution is 5.29. The summed E-state index contributed by atoms with van der Waals surface area (Å²) in [5.41, 5.74) is 0.170. The summed E-state index contributed by atoms with van der Waals surface area (Å²) < 4.78 is 50.0. The van der Waals surface area contributed by atoms with E-state index < -0.39 is 23.5 Å². The molecule has 0 nitrogen and oxygen atoms in total. The fourth-order valence-corrected chi connectivity index (χ4v) is 1.30. The van der Waals surface area contributed by atoms with Gasteiger partial charge in [-0.2, -0.15) is 0 Å². The van der Waals surface area contributed by atoms with Crippen molar-refractivity contribution in [2.45, 2.75) is 59.8 Å². The van der Waals surface area contributed by atoms with Crippen molar-refractivity contribution in [2.75, 3.05) is 0 Å². The number of benzene rings is 1. The lowest BCUT2D eigenvalue weighted by molar-refractivity contribution is 0.112. The largest absolute Gasteiger partial charge is 0.255 e. The Kier molecular flexibility index (Phi) is 10.5. The number of hydrogen-bond acceptors (Lipinski definition) is 0. The molecule has 1 aliphatic carbocycles. The highest BCUT2D eigenvalue weighted by atomic mass is 19.3. The van der Waals surface area contributed by atoms with Crippen LogP contribution in [0.15, 0.2) is 18.2 Å². The third-order valence-corrected chi connectivity index (χ3v) is 2.17. The average Bonchev–Trinajstić information content (AvgIpc) is 3.09. The minimum atomic E-state index is -2.73. The number of hydrogen-bond donors (Lipinski definition) is 0. The van der Waals surface area contributed by atoms with Gasteiger partial charge in [-0.1, -0.05) is 47.6 Å². The van der Waals surface area contributed by atoms with E-state index >= 15 is 0 Å². The number of halogens is 4. The molecule has 1 unspecified atom stereocenters. The van der Waals surface area contributed by atoms with E-state index in [-0.39, 0.29) is 12.0 Å². The molecule has 0 N–H and O–H groups in total. The molecular weight excluding hydrogens is 256 g/mol. The summed E-state index contributed by atoms with van der Waals surface area (Å²) in [6.45, 7) is 12.0. The summed E-state index contributed by atoms with van der Waals surface area (Å²) in [6.07, 6.45) is -0.266. The minimum absolute atomic E-state index is 0.170. The molecule has 0 amide bonds. The molecule has 1 aliphatic rings. The molecule has 1 saturated carbocycles. The Morgan fingerprint density at radius 3 is 1.63 bits per heavy atom. The maximum Gasteiger partial charge on any atom is 0.255 e. The molecule has 19 heavy (non-hydrogen) atoms. The first-order valence-electron chi connectivity index (χ1n) is 6.83. The maximum absolute atomic E-state index is 12.6. The van der Waals surface area contributed by atoms with Crippen LogP contribution in [0.5, 0.6) is 0 Å². The Bertz CT molecular complexity index is 348. The van der Waals surface area contributed by atoms with Crippen LogP contribution in [0, 0.1) is 11.6 Å². The van der Waals surface area contributed by atoms with Crippen LogP contribution in [0.2, 0.25) is 0 Å². The molecule has 0 saturated heterocycles. The molecule has 0 spiro atoms. The fourth-order valence-electron chi connectivity index (χ4n) is 1.30. The summed E-state index contributed by atoms with van der Waals surface area (Å²) in [5, 5.41) is 0. The van der Waals surface area contributed by atoms with Gasteiger partial charge >= 0.3 is 0 Å². The number of alkyl halides is 2. The second-order valence-electron chi connectivity index (χ2n) is 3.19. The smallest absolute Gasteiger partial charge is 0.206 e. The van der Waals surface area contributed by atoms with Crippen LogP contribution in [0.1, 0.15) is 59.4 Å². The Morgan fingerprint density at radius 1 is 0.895 bits per heavy atom. The minimum Gasteiger partial charge on any atom is -0.206 e. The highest BCUT2D eigenvalue weighted by Gasteiger charge is 2.57. The Balaban J connectivity index is 0. The fraction of sp³-hybridized carbons (Fsp3) is 0.600. The maximum atomic E-state index is 12.6. The van der Waals surface area contributed by atoms with Crippen LogP contribution in [0.3, 0.4) is 0 Å². The van der Waals surface area contributed by atoms with Gasteiger partial charge in [0.1, 0.15) is 0 Å². The van der Waals surface area contributed by atoms with E-state index in [9.17, 15) is 17.6 Å². The summed E-state index contributed by atoms with van der Waals surface area (Å²) in [4.78, 5) is 0. The predicted octanol–water partition coefficient (Wildman–Crippen LogP) is 6.17. The molecule has 1 aromatic carbocycles. The molecule has 2 rings (SSSR count). The summed E-state index contributed by atoms with van der Waals surface area (Å²) >= 11 is 0. The Morgan fingerprint density at radius 2 is 1.32 bits per heavy atom. The lowest BCUT2D eigenvalue weighted by Gasteiger charge is -1.99. The molecule has 0 aromatic heterocycles. The van der Waals surface area contributed by atoms with Gasteiger partial charge in [0.15, 0.2) is 11.6 Å². The molecule has 1 fully saturated rings. The average molecular weight is 280 g/mol. The van der Waals surface area contributed by atoms with Crippen LogP contribution in [-0.4, -0.2) is 5.92 Å². The van der Waals surface area contributed by atoms with E-state index in [1.54, 1.807) is 0 Å². The van der Waals surface area contributed by atoms with E-state index in [2.05, 4.69) is 0 Å². The van der Waals surface area contributed by atoms with Crippen LogP contribution < -0.4 is 0 Å². The van der Waals surface area contributed by atoms with Crippen molar-refractivity contribution in [3.05, 3.63) is 35.4 Å². The van der Waals surface area contributed by atoms with Crippen molar-refractivity contribution in [3.63, 3.8) is 0 Å². The van der Waals surface area contributed by atoms with Crippen molar-refractivity contribution < 1.29 is 17.6 Å². The van der Waals surface area contributed by atoms with Gasteiger partial charge in [0.05, 0.1) is 5.92 Å². The molecule has 0 aliphatic heterocycles. The van der Waals surface area contributed by atoms with Gasteiger partial charge in [-0.15, -0.1) is 0 Å². The molecule has 4 heteroatoms. The molecule has 0 bridgehead atoms. The predicted molar refractivity (Wildman–Crippen MR) is 72.7 cm³/mol. The zero-order valence-electron chi connectivity index (χ0n) is 12.5.